The van der Waals surface area contributed by atoms with Gasteiger partial charge in [-0.05, 0) is 57.6 Å². The van der Waals surface area contributed by atoms with E-state index in [-0.39, 0.29) is 30.0 Å². The molecule has 1 aromatic carbocycles. The number of alkyl carbamates (subject to hydrolysis) is 1. The molecule has 2 heterocycles. The first-order chi connectivity index (χ1) is 18.6. The molecule has 0 saturated heterocycles. The van der Waals surface area contributed by atoms with Gasteiger partial charge in [-0.1, -0.05) is 50.6 Å². The molecule has 0 bridgehead atoms. The van der Waals surface area contributed by atoms with Gasteiger partial charge in [-0.25, -0.2) is 9.59 Å². The highest BCUT2D eigenvalue weighted by Crippen LogP contribution is 2.35. The Balaban J connectivity index is 2.16. The molecule has 0 unspecified atom stereocenters. The van der Waals surface area contributed by atoms with Gasteiger partial charge >= 0.3 is 12.1 Å². The van der Waals surface area contributed by atoms with Crippen LogP contribution in [0.4, 0.5) is 4.79 Å². The van der Waals surface area contributed by atoms with E-state index in [0.29, 0.717) is 6.42 Å². The van der Waals surface area contributed by atoms with E-state index in [1.165, 1.54) is 11.8 Å². The summed E-state index contributed by atoms with van der Waals surface area (Å²) in [5, 5.41) is 7.26. The Morgan fingerprint density at radius 2 is 1.65 bits per heavy atom. The Morgan fingerprint density at radius 3 is 2.23 bits per heavy atom. The lowest BCUT2D eigenvalue weighted by Crippen LogP contribution is -2.33. The fraction of sp³-hybridized carbons (Fsp3) is 0.484. The fourth-order valence-electron chi connectivity index (χ4n) is 4.37. The number of aryl methyl sites for hydroxylation is 3. The summed E-state index contributed by atoms with van der Waals surface area (Å²) < 4.78 is 18.1. The summed E-state index contributed by atoms with van der Waals surface area (Å²) in [6.07, 6.45) is 1.76. The van der Waals surface area contributed by atoms with Gasteiger partial charge in [0.15, 0.2) is 0 Å². The second kappa shape index (κ2) is 12.1. The summed E-state index contributed by atoms with van der Waals surface area (Å²) >= 11 is 0. The second-order valence-corrected chi connectivity index (χ2v) is 12.2. The van der Waals surface area contributed by atoms with Crippen LogP contribution >= 0.6 is 0 Å². The number of carbonyl (C=O) groups is 2. The van der Waals surface area contributed by atoms with Crippen molar-refractivity contribution in [3.8, 4) is 17.0 Å². The molecule has 0 spiro atoms. The highest BCUT2D eigenvalue weighted by molar-refractivity contribution is 5.91. The fourth-order valence-corrected chi connectivity index (χ4v) is 4.37. The topological polar surface area (TPSA) is 105 Å². The maximum atomic E-state index is 12.7. The number of pyridine rings is 1. The van der Waals surface area contributed by atoms with Crippen LogP contribution in [0.1, 0.15) is 80.0 Å². The summed E-state index contributed by atoms with van der Waals surface area (Å²) in [6.45, 7) is 16.3. The number of nitrogens with one attached hydrogen (secondary N) is 1. The third kappa shape index (κ3) is 8.07. The number of ether oxygens (including phenoxy) is 3. The molecule has 0 saturated carbocycles. The number of amides is 1. The molecule has 9 heteroatoms. The third-order valence-electron chi connectivity index (χ3n) is 6.09. The average Bonchev–Trinajstić information content (AvgIpc) is 3.20. The number of hydrogen-bond donors (Lipinski definition) is 1. The van der Waals surface area contributed by atoms with Crippen LogP contribution in [0, 0.1) is 19.3 Å². The molecule has 0 radical (unpaired) electrons. The zero-order valence-electron chi connectivity index (χ0n) is 25.4. The van der Waals surface area contributed by atoms with E-state index >= 15 is 0 Å². The summed E-state index contributed by atoms with van der Waals surface area (Å²) in [5.41, 5.74) is 6.02. The predicted molar refractivity (Wildman–Crippen MR) is 154 cm³/mol. The summed E-state index contributed by atoms with van der Waals surface area (Å²) in [5.74, 6) is -0.352. The Morgan fingerprint density at radius 1 is 1.00 bits per heavy atom. The van der Waals surface area contributed by atoms with Crippen LogP contribution < -0.4 is 10.1 Å². The van der Waals surface area contributed by atoms with Crippen molar-refractivity contribution in [3.05, 3.63) is 64.1 Å². The van der Waals surface area contributed by atoms with Gasteiger partial charge in [0.05, 0.1) is 7.11 Å². The number of aromatic nitrogens is 3. The van der Waals surface area contributed by atoms with Gasteiger partial charge in [-0.15, -0.1) is 5.10 Å². The van der Waals surface area contributed by atoms with Crippen molar-refractivity contribution in [1.82, 2.24) is 20.1 Å². The number of rotatable bonds is 8. The minimum absolute atomic E-state index is 0.0496. The molecule has 0 aliphatic rings. The number of esters is 1. The molecule has 216 valence electrons. The van der Waals surface area contributed by atoms with Gasteiger partial charge in [0.25, 0.3) is 0 Å². The van der Waals surface area contributed by atoms with E-state index in [1.54, 1.807) is 13.2 Å². The Bertz CT molecular complexity index is 1360. The van der Waals surface area contributed by atoms with Gasteiger partial charge < -0.3 is 19.5 Å². The van der Waals surface area contributed by atoms with Gasteiger partial charge in [-0.3, -0.25) is 9.67 Å². The lowest BCUT2D eigenvalue weighted by atomic mass is 9.85. The molecular formula is C31H42N4O5. The van der Waals surface area contributed by atoms with Gasteiger partial charge in [0.1, 0.15) is 17.8 Å². The quantitative estimate of drug-likeness (QED) is 0.339. The highest BCUT2D eigenvalue weighted by atomic mass is 16.6. The summed E-state index contributed by atoms with van der Waals surface area (Å²) in [7, 11) is 3.03. The molecule has 0 fully saturated rings. The highest BCUT2D eigenvalue weighted by Gasteiger charge is 2.26. The minimum atomic E-state index is -0.622. The normalized spacial score (nSPS) is 11.8. The van der Waals surface area contributed by atoms with Crippen molar-refractivity contribution in [2.75, 3.05) is 7.11 Å². The zero-order valence-corrected chi connectivity index (χ0v) is 25.4. The Kier molecular flexibility index (Phi) is 9.28. The third-order valence-corrected chi connectivity index (χ3v) is 6.09. The number of hydrogen-bond acceptors (Lipinski definition) is 7. The standard InChI is InChI=1S/C31H42N4O5/c1-19-11-13-21(14-12-19)26-22(16-32-29(37)40-31(6,7)8)25(15-30(3,4)5)33-20(2)24(26)18-39-27-23(28(36)38-10)17-35(9)34-27/h11-14,17H,15-16,18H2,1-10H3,(H,32,37). The van der Waals surface area contributed by atoms with Crippen molar-refractivity contribution in [2.24, 2.45) is 12.5 Å². The van der Waals surface area contributed by atoms with E-state index in [4.69, 9.17) is 19.2 Å². The lowest BCUT2D eigenvalue weighted by molar-refractivity contribution is 0.0522. The van der Waals surface area contributed by atoms with Crippen LogP contribution in [-0.4, -0.2) is 39.5 Å². The van der Waals surface area contributed by atoms with Gasteiger partial charge in [-0.2, -0.15) is 0 Å². The molecule has 0 aliphatic heterocycles. The number of methoxy groups -OCH3 is 1. The summed E-state index contributed by atoms with van der Waals surface area (Å²) in [6, 6.07) is 8.23. The van der Waals surface area contributed by atoms with Crippen molar-refractivity contribution >= 4 is 12.1 Å². The first-order valence-corrected chi connectivity index (χ1v) is 13.4. The molecule has 2 aromatic heterocycles. The van der Waals surface area contributed by atoms with Crippen LogP contribution in [0.5, 0.6) is 5.88 Å². The molecule has 1 amide bonds. The Labute approximate surface area is 237 Å². The van der Waals surface area contributed by atoms with Crippen LogP contribution in [0.25, 0.3) is 11.1 Å². The number of benzene rings is 1. The molecule has 3 aromatic rings. The molecular weight excluding hydrogens is 508 g/mol. The van der Waals surface area contributed by atoms with Gasteiger partial charge in [0.2, 0.25) is 5.88 Å². The largest absolute Gasteiger partial charge is 0.471 e. The number of carbonyl (C=O) groups excluding carboxylic acids is 2. The molecule has 1 N–H and O–H groups in total. The predicted octanol–water partition coefficient (Wildman–Crippen LogP) is 6.08. The minimum Gasteiger partial charge on any atom is -0.471 e. The average molecular weight is 551 g/mol. The molecule has 0 aliphatic carbocycles. The van der Waals surface area contributed by atoms with Crippen molar-refractivity contribution in [1.29, 1.82) is 0 Å². The van der Waals surface area contributed by atoms with E-state index in [0.717, 1.165) is 39.2 Å². The number of nitrogens with zero attached hydrogens (tertiary/aromatic N) is 3. The van der Waals surface area contributed by atoms with Crippen molar-refractivity contribution < 1.29 is 23.8 Å². The maximum absolute atomic E-state index is 12.7. The first kappa shape index (κ1) is 30.7. The molecule has 40 heavy (non-hydrogen) atoms. The van der Waals surface area contributed by atoms with Gasteiger partial charge in [0, 0.05) is 42.3 Å². The van der Waals surface area contributed by atoms with Crippen molar-refractivity contribution in [2.45, 2.75) is 80.6 Å². The summed E-state index contributed by atoms with van der Waals surface area (Å²) in [4.78, 5) is 30.0. The smallest absolute Gasteiger partial charge is 0.407 e. The molecule has 0 atom stereocenters. The molecule has 9 nitrogen and oxygen atoms in total. The van der Waals surface area contributed by atoms with Crippen LogP contribution in [0.2, 0.25) is 0 Å². The van der Waals surface area contributed by atoms with E-state index in [1.807, 2.05) is 34.6 Å². The van der Waals surface area contributed by atoms with Crippen molar-refractivity contribution in [3.63, 3.8) is 0 Å². The first-order valence-electron chi connectivity index (χ1n) is 13.4. The lowest BCUT2D eigenvalue weighted by Gasteiger charge is -2.26. The molecule has 3 rings (SSSR count). The second-order valence-electron chi connectivity index (χ2n) is 12.2. The van der Waals surface area contributed by atoms with E-state index in [2.05, 4.69) is 55.5 Å². The monoisotopic (exact) mass is 550 g/mol. The SMILES string of the molecule is COC(=O)c1cn(C)nc1OCc1c(C)nc(CC(C)(C)C)c(CNC(=O)OC(C)(C)C)c1-c1ccc(C)cc1. The Hall–Kier alpha value is -3.88. The van der Waals surface area contributed by atoms with Crippen LogP contribution in [0.3, 0.4) is 0 Å². The van der Waals surface area contributed by atoms with E-state index in [9.17, 15) is 9.59 Å². The zero-order chi connectivity index (χ0) is 29.8. The van der Waals surface area contributed by atoms with E-state index < -0.39 is 17.7 Å². The van der Waals surface area contributed by atoms with Crippen LogP contribution in [-0.2, 0) is 36.1 Å². The van der Waals surface area contributed by atoms with Crippen LogP contribution in [0.15, 0.2) is 30.5 Å². The maximum Gasteiger partial charge on any atom is 0.407 e.